The van der Waals surface area contributed by atoms with Crippen LogP contribution in [0, 0.1) is 20.8 Å². The number of piperidine rings is 1. The zero-order valence-electron chi connectivity index (χ0n) is 19.6. The highest BCUT2D eigenvalue weighted by molar-refractivity contribution is 5.93. The van der Waals surface area contributed by atoms with Crippen molar-refractivity contribution in [1.82, 2.24) is 19.3 Å². The molecule has 0 radical (unpaired) electrons. The molecule has 0 bridgehead atoms. The average Bonchev–Trinajstić information content (AvgIpc) is 3.23. The van der Waals surface area contributed by atoms with Crippen LogP contribution in [0.5, 0.6) is 0 Å². The van der Waals surface area contributed by atoms with Crippen molar-refractivity contribution in [3.63, 3.8) is 0 Å². The van der Waals surface area contributed by atoms with Crippen molar-refractivity contribution < 1.29 is 4.79 Å². The number of amides is 1. The van der Waals surface area contributed by atoms with E-state index >= 15 is 0 Å². The first-order valence-electron chi connectivity index (χ1n) is 11.7. The summed E-state index contributed by atoms with van der Waals surface area (Å²) < 4.78 is 1.92. The lowest BCUT2D eigenvalue weighted by Crippen LogP contribution is -2.39. The fourth-order valence-corrected chi connectivity index (χ4v) is 4.86. The molecule has 0 spiro atoms. The van der Waals surface area contributed by atoms with E-state index in [1.54, 1.807) is 0 Å². The number of aromatic nitrogens is 3. The number of aryl methyl sites for hydroxylation is 3. The number of likely N-dealkylation sites (tertiary alicyclic amines) is 1. The summed E-state index contributed by atoms with van der Waals surface area (Å²) in [6.45, 7) is 7.72. The van der Waals surface area contributed by atoms with E-state index in [1.807, 2.05) is 40.8 Å². The molecule has 0 aliphatic carbocycles. The molecule has 1 amide bonds. The zero-order chi connectivity index (χ0) is 22.9. The summed E-state index contributed by atoms with van der Waals surface area (Å²) in [7, 11) is 0. The van der Waals surface area contributed by atoms with Crippen LogP contribution in [0.2, 0.25) is 0 Å². The van der Waals surface area contributed by atoms with Gasteiger partial charge >= 0.3 is 0 Å². The van der Waals surface area contributed by atoms with E-state index < -0.39 is 0 Å². The molecule has 5 heteroatoms. The van der Waals surface area contributed by atoms with Crippen LogP contribution >= 0.6 is 0 Å². The van der Waals surface area contributed by atoms with E-state index in [-0.39, 0.29) is 11.8 Å². The van der Waals surface area contributed by atoms with Gasteiger partial charge in [0.2, 0.25) is 0 Å². The van der Waals surface area contributed by atoms with Gasteiger partial charge in [-0.05, 0) is 86.6 Å². The van der Waals surface area contributed by atoms with Gasteiger partial charge in [0.05, 0.1) is 0 Å². The molecule has 1 saturated heterocycles. The summed E-state index contributed by atoms with van der Waals surface area (Å²) in [5, 5.41) is 0. The van der Waals surface area contributed by atoms with Gasteiger partial charge in [-0.1, -0.05) is 24.3 Å². The van der Waals surface area contributed by atoms with Crippen molar-refractivity contribution in [2.75, 3.05) is 13.1 Å². The van der Waals surface area contributed by atoms with Gasteiger partial charge in [-0.25, -0.2) is 4.98 Å². The summed E-state index contributed by atoms with van der Waals surface area (Å²) in [6, 6.07) is 17.0. The molecule has 0 N–H and O–H groups in total. The highest BCUT2D eigenvalue weighted by Gasteiger charge is 2.28. The van der Waals surface area contributed by atoms with Crippen molar-refractivity contribution >= 4 is 11.6 Å². The number of pyridine rings is 2. The van der Waals surface area contributed by atoms with Crippen LogP contribution in [0.4, 0.5) is 0 Å². The topological polar surface area (TPSA) is 50.5 Å². The number of hydrogen-bond donors (Lipinski definition) is 0. The number of imidazole rings is 1. The maximum atomic E-state index is 13.3. The molecule has 1 unspecified atom stereocenters. The molecule has 5 nitrogen and oxygen atoms in total. The molecule has 1 aromatic carbocycles. The van der Waals surface area contributed by atoms with Gasteiger partial charge in [0, 0.05) is 42.8 Å². The normalized spacial score (nSPS) is 16.3. The Morgan fingerprint density at radius 2 is 1.91 bits per heavy atom. The Hall–Kier alpha value is -3.47. The molecule has 33 heavy (non-hydrogen) atoms. The second kappa shape index (κ2) is 8.81. The summed E-state index contributed by atoms with van der Waals surface area (Å²) in [5.41, 5.74) is 8.54. The van der Waals surface area contributed by atoms with Crippen LogP contribution in [-0.4, -0.2) is 38.3 Å². The highest BCUT2D eigenvalue weighted by Crippen LogP contribution is 2.28. The van der Waals surface area contributed by atoms with Crippen LogP contribution in [-0.2, 0) is 6.42 Å². The first kappa shape index (κ1) is 21.4. The third kappa shape index (κ3) is 4.54. The molecule has 3 aromatic heterocycles. The van der Waals surface area contributed by atoms with E-state index in [2.05, 4.69) is 55.2 Å². The molecule has 168 valence electrons. The van der Waals surface area contributed by atoms with Gasteiger partial charge in [-0.3, -0.25) is 9.78 Å². The fraction of sp³-hybridized carbons (Fsp3) is 0.321. The van der Waals surface area contributed by atoms with Gasteiger partial charge in [-0.2, -0.15) is 0 Å². The maximum absolute atomic E-state index is 13.3. The number of benzene rings is 1. The Bertz CT molecular complexity index is 1320. The summed E-state index contributed by atoms with van der Waals surface area (Å²) in [4.78, 5) is 24.7. The number of fused-ring (bicyclic) bond motifs is 1. The van der Waals surface area contributed by atoms with Gasteiger partial charge < -0.3 is 9.30 Å². The van der Waals surface area contributed by atoms with Crippen molar-refractivity contribution in [3.05, 3.63) is 100 Å². The molecule has 0 saturated carbocycles. The Labute approximate surface area is 195 Å². The lowest BCUT2D eigenvalue weighted by molar-refractivity contribution is 0.0700. The summed E-state index contributed by atoms with van der Waals surface area (Å²) >= 11 is 0. The van der Waals surface area contributed by atoms with Gasteiger partial charge in [0.25, 0.3) is 5.91 Å². The number of nitrogens with zero attached hydrogens (tertiary/aromatic N) is 4. The van der Waals surface area contributed by atoms with Gasteiger partial charge in [0.1, 0.15) is 11.3 Å². The smallest absolute Gasteiger partial charge is 0.274 e. The van der Waals surface area contributed by atoms with Crippen molar-refractivity contribution in [3.8, 4) is 0 Å². The molecular weight excluding hydrogens is 408 g/mol. The second-order valence-corrected chi connectivity index (χ2v) is 9.33. The van der Waals surface area contributed by atoms with E-state index in [0.717, 1.165) is 48.4 Å². The predicted molar refractivity (Wildman–Crippen MR) is 131 cm³/mol. The zero-order valence-corrected chi connectivity index (χ0v) is 19.6. The molecule has 1 atom stereocenters. The van der Waals surface area contributed by atoms with E-state index in [1.165, 1.54) is 16.7 Å². The monoisotopic (exact) mass is 438 g/mol. The predicted octanol–water partition coefficient (Wildman–Crippen LogP) is 5.27. The minimum absolute atomic E-state index is 0.00819. The van der Waals surface area contributed by atoms with Crippen LogP contribution < -0.4 is 0 Å². The Morgan fingerprint density at radius 3 is 2.76 bits per heavy atom. The SMILES string of the molecule is Cc1ccn2cc(C(=O)N3CCCC(c4cc(Cc5ccccc5C)cc(C)n4)C3)nc2c1. The quantitative estimate of drug-likeness (QED) is 0.436. The number of carbonyl (C=O) groups excluding carboxylic acids is 1. The third-order valence-corrected chi connectivity index (χ3v) is 6.65. The summed E-state index contributed by atoms with van der Waals surface area (Å²) in [6.07, 6.45) is 6.73. The molecule has 1 aliphatic heterocycles. The Kier molecular flexibility index (Phi) is 5.71. The van der Waals surface area contributed by atoms with Gasteiger partial charge in [0.15, 0.2) is 0 Å². The second-order valence-electron chi connectivity index (χ2n) is 9.33. The summed E-state index contributed by atoms with van der Waals surface area (Å²) in [5.74, 6) is 0.256. The van der Waals surface area contributed by atoms with E-state index in [4.69, 9.17) is 4.98 Å². The molecular formula is C28H30N4O. The number of hydrogen-bond acceptors (Lipinski definition) is 3. The molecule has 4 heterocycles. The molecule has 1 fully saturated rings. The van der Waals surface area contributed by atoms with Crippen molar-refractivity contribution in [1.29, 1.82) is 0 Å². The molecule has 4 aromatic rings. The fourth-order valence-electron chi connectivity index (χ4n) is 4.86. The number of carbonyl (C=O) groups is 1. The number of rotatable bonds is 4. The molecule has 5 rings (SSSR count). The Morgan fingerprint density at radius 1 is 1.06 bits per heavy atom. The third-order valence-electron chi connectivity index (χ3n) is 6.65. The van der Waals surface area contributed by atoms with Crippen LogP contribution in [0.25, 0.3) is 5.65 Å². The van der Waals surface area contributed by atoms with Gasteiger partial charge in [-0.15, -0.1) is 0 Å². The average molecular weight is 439 g/mol. The lowest BCUT2D eigenvalue weighted by Gasteiger charge is -2.32. The van der Waals surface area contributed by atoms with Crippen LogP contribution in [0.15, 0.2) is 60.9 Å². The van der Waals surface area contributed by atoms with Crippen molar-refractivity contribution in [2.24, 2.45) is 0 Å². The first-order chi connectivity index (χ1) is 16.0. The first-order valence-corrected chi connectivity index (χ1v) is 11.7. The standard InChI is InChI=1S/C28H30N4O/c1-19-10-12-31-18-26(30-27(31)13-19)28(33)32-11-6-9-24(17-32)25-16-22(14-21(3)29-25)15-23-8-5-4-7-20(23)2/h4-5,7-8,10,12-14,16,18,24H,6,9,11,15,17H2,1-3H3. The maximum Gasteiger partial charge on any atom is 0.274 e. The van der Waals surface area contributed by atoms with E-state index in [0.29, 0.717) is 12.2 Å². The highest BCUT2D eigenvalue weighted by atomic mass is 16.2. The molecule has 1 aliphatic rings. The largest absolute Gasteiger partial charge is 0.337 e. The van der Waals surface area contributed by atoms with Crippen molar-refractivity contribution in [2.45, 2.75) is 46.0 Å². The minimum Gasteiger partial charge on any atom is -0.337 e. The van der Waals surface area contributed by atoms with Crippen LogP contribution in [0.1, 0.15) is 62.9 Å². The minimum atomic E-state index is 0.00819. The Balaban J connectivity index is 1.36. The van der Waals surface area contributed by atoms with E-state index in [9.17, 15) is 4.79 Å². The lowest BCUT2D eigenvalue weighted by atomic mass is 9.91. The van der Waals surface area contributed by atoms with Crippen LogP contribution in [0.3, 0.4) is 0 Å².